The minimum Gasteiger partial charge on any atom is -0.468 e. The Hall–Kier alpha value is -0.420. The van der Waals surface area contributed by atoms with Gasteiger partial charge in [-0.05, 0) is 12.8 Å². The fourth-order valence-electron chi connectivity index (χ4n) is 2.21. The van der Waals surface area contributed by atoms with Crippen molar-refractivity contribution in [3.05, 3.63) is 0 Å². The predicted molar refractivity (Wildman–Crippen MR) is 64.7 cm³/mol. The van der Waals surface area contributed by atoms with Gasteiger partial charge in [-0.25, -0.2) is 0 Å². The lowest BCUT2D eigenvalue weighted by molar-refractivity contribution is -0.142. The summed E-state index contributed by atoms with van der Waals surface area (Å²) in [6, 6.07) is -0.223. The summed E-state index contributed by atoms with van der Waals surface area (Å²) in [5, 5.41) is 3.44. The third-order valence-electron chi connectivity index (χ3n) is 3.02. The van der Waals surface area contributed by atoms with Crippen LogP contribution in [-0.2, 0) is 20.3 Å². The summed E-state index contributed by atoms with van der Waals surface area (Å²) in [5.41, 5.74) is 0. The van der Waals surface area contributed by atoms with Crippen molar-refractivity contribution in [1.29, 1.82) is 0 Å². The van der Waals surface area contributed by atoms with Crippen LogP contribution in [0.4, 0.5) is 0 Å². The van der Waals surface area contributed by atoms with E-state index in [1.54, 1.807) is 0 Å². The first-order chi connectivity index (χ1) is 7.63. The van der Waals surface area contributed by atoms with Gasteiger partial charge in [-0.15, -0.1) is 0 Å². The average molecular weight is 247 g/mol. The molecule has 1 aliphatic heterocycles. The molecule has 0 aromatic carbocycles. The molecule has 0 aromatic rings. The third kappa shape index (κ3) is 3.04. The lowest BCUT2D eigenvalue weighted by Gasteiger charge is -2.35. The molecule has 1 fully saturated rings. The van der Waals surface area contributed by atoms with Crippen LogP contribution < -0.4 is 5.32 Å². The number of rotatable bonds is 4. The van der Waals surface area contributed by atoms with E-state index in [0.717, 1.165) is 19.3 Å². The van der Waals surface area contributed by atoms with Crippen molar-refractivity contribution in [3.63, 3.8) is 0 Å². The highest BCUT2D eigenvalue weighted by atomic mass is 32.2. The van der Waals surface area contributed by atoms with Gasteiger partial charge in [-0.2, -0.15) is 0 Å². The minimum absolute atomic E-state index is 0.167. The zero-order chi connectivity index (χ0) is 12.1. The van der Waals surface area contributed by atoms with E-state index in [9.17, 15) is 9.00 Å². The SMILES string of the molecule is CCCC1NC(C(=O)OC)CS(=O)C1CC. The monoisotopic (exact) mass is 247 g/mol. The summed E-state index contributed by atoms with van der Waals surface area (Å²) >= 11 is 0. The summed E-state index contributed by atoms with van der Waals surface area (Å²) in [6.45, 7) is 4.14. The van der Waals surface area contributed by atoms with Gasteiger partial charge in [0, 0.05) is 27.8 Å². The Morgan fingerprint density at radius 3 is 2.69 bits per heavy atom. The maximum absolute atomic E-state index is 12.0. The molecular weight excluding hydrogens is 226 g/mol. The highest BCUT2D eigenvalue weighted by Gasteiger charge is 2.37. The summed E-state index contributed by atoms with van der Waals surface area (Å²) < 4.78 is 16.7. The lowest BCUT2D eigenvalue weighted by atomic mass is 10.0. The van der Waals surface area contributed by atoms with Crippen LogP contribution in [-0.4, -0.2) is 40.4 Å². The van der Waals surface area contributed by atoms with Gasteiger partial charge in [-0.1, -0.05) is 20.3 Å². The van der Waals surface area contributed by atoms with E-state index in [0.29, 0.717) is 5.75 Å². The second-order valence-corrected chi connectivity index (χ2v) is 5.83. The van der Waals surface area contributed by atoms with Gasteiger partial charge in [0.05, 0.1) is 7.11 Å². The Morgan fingerprint density at radius 2 is 2.19 bits per heavy atom. The van der Waals surface area contributed by atoms with E-state index in [1.165, 1.54) is 7.11 Å². The number of nitrogens with one attached hydrogen (secondary N) is 1. The van der Waals surface area contributed by atoms with E-state index in [4.69, 9.17) is 4.74 Å². The van der Waals surface area contributed by atoms with Crippen molar-refractivity contribution in [3.8, 4) is 0 Å². The standard InChI is InChI=1S/C11H21NO3S/c1-4-6-8-10(5-2)16(14)7-9(12-8)11(13)15-3/h8-10,12H,4-7H2,1-3H3. The number of carbonyl (C=O) groups excluding carboxylic acids is 1. The molecule has 1 saturated heterocycles. The number of ether oxygens (including phenoxy) is 1. The molecule has 16 heavy (non-hydrogen) atoms. The van der Waals surface area contributed by atoms with Crippen molar-refractivity contribution in [2.24, 2.45) is 0 Å². The molecule has 5 heteroatoms. The highest BCUT2D eigenvalue weighted by molar-refractivity contribution is 7.85. The molecule has 0 aliphatic carbocycles. The smallest absolute Gasteiger partial charge is 0.323 e. The van der Waals surface area contributed by atoms with Crippen molar-refractivity contribution in [2.45, 2.75) is 50.4 Å². The van der Waals surface area contributed by atoms with E-state index in [-0.39, 0.29) is 17.3 Å². The Kier molecular flexibility index (Phi) is 5.41. The van der Waals surface area contributed by atoms with Gasteiger partial charge in [0.25, 0.3) is 0 Å². The van der Waals surface area contributed by atoms with Gasteiger partial charge in [0.1, 0.15) is 6.04 Å². The number of esters is 1. The molecular formula is C11H21NO3S. The fourth-order valence-corrected chi connectivity index (χ4v) is 3.97. The first kappa shape index (κ1) is 13.6. The second kappa shape index (κ2) is 6.35. The fraction of sp³-hybridized carbons (Fsp3) is 0.909. The van der Waals surface area contributed by atoms with Crippen LogP contribution in [0.5, 0.6) is 0 Å². The van der Waals surface area contributed by atoms with E-state index in [2.05, 4.69) is 12.2 Å². The van der Waals surface area contributed by atoms with Gasteiger partial charge in [0.2, 0.25) is 0 Å². The largest absolute Gasteiger partial charge is 0.468 e. The summed E-state index contributed by atoms with van der Waals surface area (Å²) in [7, 11) is 0.444. The number of methoxy groups -OCH3 is 1. The normalized spacial score (nSPS) is 34.7. The Balaban J connectivity index is 2.71. The highest BCUT2D eigenvalue weighted by Crippen LogP contribution is 2.19. The van der Waals surface area contributed by atoms with Crippen LogP contribution in [0.2, 0.25) is 0 Å². The molecule has 0 spiro atoms. The summed E-state index contributed by atoms with van der Waals surface area (Å²) in [4.78, 5) is 11.4. The Labute approximate surface area is 99.6 Å². The number of hydrogen-bond donors (Lipinski definition) is 1. The van der Waals surface area contributed by atoms with Crippen LogP contribution in [0.1, 0.15) is 33.1 Å². The molecule has 1 rings (SSSR count). The van der Waals surface area contributed by atoms with E-state index >= 15 is 0 Å². The van der Waals surface area contributed by atoms with Crippen LogP contribution in [0.3, 0.4) is 0 Å². The molecule has 1 heterocycles. The molecule has 1 N–H and O–H groups in total. The molecule has 4 nitrogen and oxygen atoms in total. The number of hydrogen-bond acceptors (Lipinski definition) is 4. The van der Waals surface area contributed by atoms with E-state index < -0.39 is 16.8 Å². The van der Waals surface area contributed by atoms with Crippen molar-refractivity contribution in [1.82, 2.24) is 5.32 Å². The topological polar surface area (TPSA) is 55.4 Å². The van der Waals surface area contributed by atoms with Crippen molar-refractivity contribution in [2.75, 3.05) is 12.9 Å². The minimum atomic E-state index is -0.925. The number of carbonyl (C=O) groups is 1. The van der Waals surface area contributed by atoms with Gasteiger partial charge >= 0.3 is 5.97 Å². The molecule has 0 radical (unpaired) electrons. The second-order valence-electron chi connectivity index (χ2n) is 4.13. The predicted octanol–water partition coefficient (Wildman–Crippen LogP) is 0.827. The average Bonchev–Trinajstić information content (AvgIpc) is 2.28. The maximum Gasteiger partial charge on any atom is 0.323 e. The Morgan fingerprint density at radius 1 is 1.50 bits per heavy atom. The van der Waals surface area contributed by atoms with Crippen LogP contribution in [0.15, 0.2) is 0 Å². The van der Waals surface area contributed by atoms with Crippen LogP contribution >= 0.6 is 0 Å². The quantitative estimate of drug-likeness (QED) is 0.748. The molecule has 0 aromatic heterocycles. The van der Waals surface area contributed by atoms with Crippen molar-refractivity contribution >= 4 is 16.8 Å². The first-order valence-electron chi connectivity index (χ1n) is 5.85. The molecule has 0 saturated carbocycles. The van der Waals surface area contributed by atoms with Gasteiger partial charge in [-0.3, -0.25) is 14.3 Å². The molecule has 4 unspecified atom stereocenters. The zero-order valence-corrected chi connectivity index (χ0v) is 11.0. The van der Waals surface area contributed by atoms with Gasteiger partial charge < -0.3 is 4.74 Å². The summed E-state index contributed by atoms with van der Waals surface area (Å²) in [6.07, 6.45) is 2.87. The lowest BCUT2D eigenvalue weighted by Crippen LogP contribution is -2.58. The van der Waals surface area contributed by atoms with Crippen LogP contribution in [0.25, 0.3) is 0 Å². The third-order valence-corrected chi connectivity index (χ3v) is 5.02. The first-order valence-corrected chi connectivity index (χ1v) is 7.23. The molecule has 4 atom stereocenters. The molecule has 0 amide bonds. The Bertz CT molecular complexity index is 270. The molecule has 1 aliphatic rings. The van der Waals surface area contributed by atoms with Gasteiger partial charge in [0.15, 0.2) is 0 Å². The molecule has 94 valence electrons. The van der Waals surface area contributed by atoms with Crippen molar-refractivity contribution < 1.29 is 13.7 Å². The zero-order valence-electron chi connectivity index (χ0n) is 10.2. The van der Waals surface area contributed by atoms with E-state index in [1.807, 2.05) is 6.92 Å². The maximum atomic E-state index is 12.0. The van der Waals surface area contributed by atoms with Crippen LogP contribution in [0, 0.1) is 0 Å². The molecule has 0 bridgehead atoms. The summed E-state index contributed by atoms with van der Waals surface area (Å²) in [5.74, 6) is 0.0785.